The second-order valence-corrected chi connectivity index (χ2v) is 7.67. The maximum Gasteiger partial charge on any atom is 0.407 e. The predicted molar refractivity (Wildman–Crippen MR) is 132 cm³/mol. The number of amides is 1. The molecule has 0 aliphatic rings. The minimum absolute atomic E-state index is 0. The van der Waals surface area contributed by atoms with Gasteiger partial charge in [0.1, 0.15) is 5.60 Å². The molecule has 0 saturated heterocycles. The third kappa shape index (κ3) is 9.99. The first-order chi connectivity index (χ1) is 14.3. The second kappa shape index (κ2) is 13.1. The number of hydrogen-bond donors (Lipinski definition) is 3. The topological polar surface area (TPSA) is 114 Å². The molecule has 9 nitrogen and oxygen atoms in total. The SMILES string of the molecule is CCc1noc(-c2ccc(CCNC(=NC)NCCNC(=O)OC(C)(C)C)cc2)n1.I. The van der Waals surface area contributed by atoms with Crippen LogP contribution in [0.4, 0.5) is 4.79 Å². The Hall–Kier alpha value is -2.37. The number of halogens is 1. The van der Waals surface area contributed by atoms with Crippen LogP contribution in [0.5, 0.6) is 0 Å². The fourth-order valence-corrected chi connectivity index (χ4v) is 2.53. The molecule has 31 heavy (non-hydrogen) atoms. The summed E-state index contributed by atoms with van der Waals surface area (Å²) in [5.41, 5.74) is 1.59. The lowest BCUT2D eigenvalue weighted by molar-refractivity contribution is 0.0529. The van der Waals surface area contributed by atoms with Crippen molar-refractivity contribution in [2.24, 2.45) is 4.99 Å². The molecule has 0 unspecified atom stereocenters. The number of guanidine groups is 1. The molecular formula is C21H33IN6O3. The molecule has 1 aromatic carbocycles. The van der Waals surface area contributed by atoms with Crippen LogP contribution in [0.3, 0.4) is 0 Å². The van der Waals surface area contributed by atoms with Crippen molar-refractivity contribution in [3.05, 3.63) is 35.7 Å². The summed E-state index contributed by atoms with van der Waals surface area (Å²) in [6, 6.07) is 8.07. The zero-order chi connectivity index (χ0) is 22.0. The van der Waals surface area contributed by atoms with E-state index in [-0.39, 0.29) is 24.0 Å². The standard InChI is InChI=1S/C21H32N6O3.HI/c1-6-17-26-18(30-27-17)16-9-7-15(8-10-16)11-12-23-19(22-5)24-13-14-25-20(28)29-21(2,3)4;/h7-10H,6,11-14H2,1-5H3,(H,25,28)(H2,22,23,24);1H. The number of alkyl carbamates (subject to hydrolysis) is 1. The first kappa shape index (κ1) is 26.7. The molecule has 3 N–H and O–H groups in total. The van der Waals surface area contributed by atoms with Gasteiger partial charge in [0.2, 0.25) is 0 Å². The minimum Gasteiger partial charge on any atom is -0.444 e. The van der Waals surface area contributed by atoms with Crippen LogP contribution >= 0.6 is 24.0 Å². The van der Waals surface area contributed by atoms with Gasteiger partial charge in [0.15, 0.2) is 11.8 Å². The van der Waals surface area contributed by atoms with Crippen LogP contribution in [0.1, 0.15) is 39.1 Å². The number of carbonyl (C=O) groups excluding carboxylic acids is 1. The molecule has 10 heteroatoms. The maximum atomic E-state index is 11.6. The van der Waals surface area contributed by atoms with Crippen LogP contribution in [0.25, 0.3) is 11.5 Å². The van der Waals surface area contributed by atoms with Crippen molar-refractivity contribution in [2.45, 2.75) is 46.1 Å². The first-order valence-electron chi connectivity index (χ1n) is 10.1. The Morgan fingerprint density at radius 1 is 1.10 bits per heavy atom. The van der Waals surface area contributed by atoms with E-state index in [9.17, 15) is 4.79 Å². The Bertz CT molecular complexity index is 830. The van der Waals surface area contributed by atoms with Crippen molar-refractivity contribution in [3.63, 3.8) is 0 Å². The van der Waals surface area contributed by atoms with Crippen LogP contribution < -0.4 is 16.0 Å². The van der Waals surface area contributed by atoms with Gasteiger partial charge >= 0.3 is 6.09 Å². The lowest BCUT2D eigenvalue weighted by atomic mass is 10.1. The van der Waals surface area contributed by atoms with Crippen LogP contribution in [0.2, 0.25) is 0 Å². The Morgan fingerprint density at radius 3 is 2.32 bits per heavy atom. The molecule has 1 amide bonds. The quantitative estimate of drug-likeness (QED) is 0.203. The zero-order valence-electron chi connectivity index (χ0n) is 18.8. The van der Waals surface area contributed by atoms with Crippen LogP contribution in [0.15, 0.2) is 33.8 Å². The van der Waals surface area contributed by atoms with E-state index < -0.39 is 11.7 Å². The summed E-state index contributed by atoms with van der Waals surface area (Å²) in [5, 5.41) is 13.0. The molecule has 0 spiro atoms. The van der Waals surface area contributed by atoms with E-state index in [4.69, 9.17) is 9.26 Å². The molecule has 0 bridgehead atoms. The summed E-state index contributed by atoms with van der Waals surface area (Å²) < 4.78 is 10.5. The number of aryl methyl sites for hydroxylation is 1. The van der Waals surface area contributed by atoms with Gasteiger partial charge in [-0.3, -0.25) is 4.99 Å². The number of hydrogen-bond acceptors (Lipinski definition) is 6. The molecule has 0 aliphatic carbocycles. The average molecular weight is 544 g/mol. The molecular weight excluding hydrogens is 511 g/mol. The molecule has 1 heterocycles. The molecule has 0 atom stereocenters. The van der Waals surface area contributed by atoms with Gasteiger partial charge in [-0.15, -0.1) is 24.0 Å². The summed E-state index contributed by atoms with van der Waals surface area (Å²) in [6.45, 7) is 9.18. The van der Waals surface area contributed by atoms with Crippen molar-refractivity contribution in [1.29, 1.82) is 0 Å². The van der Waals surface area contributed by atoms with E-state index in [2.05, 4.69) is 31.1 Å². The summed E-state index contributed by atoms with van der Waals surface area (Å²) in [6.07, 6.45) is 1.16. The number of nitrogens with zero attached hydrogens (tertiary/aromatic N) is 3. The van der Waals surface area contributed by atoms with E-state index >= 15 is 0 Å². The summed E-state index contributed by atoms with van der Waals surface area (Å²) in [4.78, 5) is 20.1. The van der Waals surface area contributed by atoms with E-state index in [1.165, 1.54) is 5.56 Å². The van der Waals surface area contributed by atoms with Gasteiger partial charge in [0, 0.05) is 38.7 Å². The highest BCUT2D eigenvalue weighted by Crippen LogP contribution is 2.18. The molecule has 0 aliphatic heterocycles. The van der Waals surface area contributed by atoms with E-state index in [0.29, 0.717) is 30.8 Å². The minimum atomic E-state index is -0.503. The summed E-state index contributed by atoms with van der Waals surface area (Å²) in [5.74, 6) is 1.93. The number of ether oxygens (including phenoxy) is 1. The molecule has 1 aromatic heterocycles. The number of carbonyl (C=O) groups is 1. The molecule has 2 rings (SSSR count). The Morgan fingerprint density at radius 2 is 1.74 bits per heavy atom. The largest absolute Gasteiger partial charge is 0.444 e. The first-order valence-corrected chi connectivity index (χ1v) is 10.1. The highest BCUT2D eigenvalue weighted by Gasteiger charge is 2.15. The highest BCUT2D eigenvalue weighted by atomic mass is 127. The van der Waals surface area contributed by atoms with E-state index in [0.717, 1.165) is 24.9 Å². The second-order valence-electron chi connectivity index (χ2n) is 7.67. The van der Waals surface area contributed by atoms with Crippen LogP contribution in [-0.4, -0.2) is 54.5 Å². The lowest BCUT2D eigenvalue weighted by Gasteiger charge is -2.19. The Kier molecular flexibility index (Phi) is 11.3. The fourth-order valence-electron chi connectivity index (χ4n) is 2.53. The van der Waals surface area contributed by atoms with Gasteiger partial charge in [-0.25, -0.2) is 4.79 Å². The van der Waals surface area contributed by atoms with Crippen LogP contribution in [0, 0.1) is 0 Å². The van der Waals surface area contributed by atoms with Crippen LogP contribution in [-0.2, 0) is 17.6 Å². The smallest absolute Gasteiger partial charge is 0.407 e. The van der Waals surface area contributed by atoms with Gasteiger partial charge in [0.05, 0.1) is 0 Å². The number of rotatable bonds is 8. The molecule has 0 saturated carbocycles. The van der Waals surface area contributed by atoms with Crippen molar-refractivity contribution < 1.29 is 14.1 Å². The molecule has 2 aromatic rings. The van der Waals surface area contributed by atoms with Crippen molar-refractivity contribution in [2.75, 3.05) is 26.7 Å². The number of benzene rings is 1. The van der Waals surface area contributed by atoms with Gasteiger partial charge in [-0.05, 0) is 44.9 Å². The van der Waals surface area contributed by atoms with E-state index in [1.807, 2.05) is 52.0 Å². The van der Waals surface area contributed by atoms with Gasteiger partial charge in [0.25, 0.3) is 5.89 Å². The molecule has 0 radical (unpaired) electrons. The van der Waals surface area contributed by atoms with Gasteiger partial charge < -0.3 is 25.2 Å². The van der Waals surface area contributed by atoms with Crippen molar-refractivity contribution in [3.8, 4) is 11.5 Å². The van der Waals surface area contributed by atoms with Crippen molar-refractivity contribution in [1.82, 2.24) is 26.1 Å². The predicted octanol–water partition coefficient (Wildman–Crippen LogP) is 3.15. The highest BCUT2D eigenvalue weighted by molar-refractivity contribution is 14.0. The Labute approximate surface area is 200 Å². The third-order valence-corrected chi connectivity index (χ3v) is 4.00. The monoisotopic (exact) mass is 544 g/mol. The number of aliphatic imine (C=N–C) groups is 1. The van der Waals surface area contributed by atoms with Gasteiger partial charge in [-0.2, -0.15) is 4.98 Å². The number of nitrogens with one attached hydrogen (secondary N) is 3. The molecule has 0 fully saturated rings. The Balaban J connectivity index is 0.00000480. The fraction of sp³-hybridized carbons (Fsp3) is 0.524. The maximum absolute atomic E-state index is 11.6. The normalized spacial score (nSPS) is 11.5. The number of aromatic nitrogens is 2. The zero-order valence-corrected chi connectivity index (χ0v) is 21.1. The van der Waals surface area contributed by atoms with E-state index in [1.54, 1.807) is 7.05 Å². The third-order valence-electron chi connectivity index (χ3n) is 4.00. The summed E-state index contributed by atoms with van der Waals surface area (Å²) in [7, 11) is 1.71. The van der Waals surface area contributed by atoms with Crippen molar-refractivity contribution >= 4 is 36.0 Å². The van der Waals surface area contributed by atoms with Gasteiger partial charge in [-0.1, -0.05) is 24.2 Å². The summed E-state index contributed by atoms with van der Waals surface area (Å²) >= 11 is 0. The average Bonchev–Trinajstić information content (AvgIpc) is 3.18. The molecule has 172 valence electrons. The lowest BCUT2D eigenvalue weighted by Crippen LogP contribution is -2.42.